The summed E-state index contributed by atoms with van der Waals surface area (Å²) in [5, 5.41) is 4.39. The third-order valence-electron chi connectivity index (χ3n) is 2.91. The first-order valence-electron chi connectivity index (χ1n) is 5.70. The number of nitrogens with two attached hydrogens (primary N) is 1. The van der Waals surface area contributed by atoms with E-state index in [9.17, 15) is 4.39 Å². The summed E-state index contributed by atoms with van der Waals surface area (Å²) in [7, 11) is 1.74. The number of rotatable bonds is 2. The second-order valence-electron chi connectivity index (χ2n) is 4.53. The molecule has 0 spiro atoms. The van der Waals surface area contributed by atoms with Crippen molar-refractivity contribution in [3.63, 3.8) is 0 Å². The van der Waals surface area contributed by atoms with Gasteiger partial charge in [0, 0.05) is 18.2 Å². The van der Waals surface area contributed by atoms with Crippen LogP contribution in [0, 0.1) is 5.82 Å². The predicted octanol–water partition coefficient (Wildman–Crippen LogP) is 3.59. The molecule has 96 valence electrons. The molecule has 18 heavy (non-hydrogen) atoms. The Balaban J connectivity index is 2.71. The second-order valence-corrected chi connectivity index (χ2v) is 4.93. The average molecular weight is 268 g/mol. The minimum absolute atomic E-state index is 0.0893. The molecule has 0 unspecified atom stereocenters. The van der Waals surface area contributed by atoms with Gasteiger partial charge in [0.1, 0.15) is 11.5 Å². The Kier molecular flexibility index (Phi) is 3.30. The standard InChI is InChI=1S/C13H15ClFN3/c1-7(2)10-12(17-18(3)13(10)16)8-5-4-6-9(14)11(8)15/h4-7H,16H2,1-3H3. The number of hydrogen-bond acceptors (Lipinski definition) is 2. The van der Waals surface area contributed by atoms with Crippen molar-refractivity contribution >= 4 is 17.4 Å². The van der Waals surface area contributed by atoms with Crippen molar-refractivity contribution in [2.24, 2.45) is 7.05 Å². The van der Waals surface area contributed by atoms with Crippen molar-refractivity contribution in [1.29, 1.82) is 0 Å². The summed E-state index contributed by atoms with van der Waals surface area (Å²) in [5.74, 6) is 0.255. The van der Waals surface area contributed by atoms with Gasteiger partial charge in [0.25, 0.3) is 0 Å². The van der Waals surface area contributed by atoms with Gasteiger partial charge in [-0.2, -0.15) is 5.10 Å². The molecule has 1 aromatic heterocycles. The van der Waals surface area contributed by atoms with E-state index >= 15 is 0 Å². The van der Waals surface area contributed by atoms with Gasteiger partial charge in [-0.05, 0) is 18.1 Å². The number of hydrogen-bond donors (Lipinski definition) is 1. The normalized spacial score (nSPS) is 11.2. The highest BCUT2D eigenvalue weighted by Gasteiger charge is 2.21. The zero-order valence-corrected chi connectivity index (χ0v) is 11.3. The quantitative estimate of drug-likeness (QED) is 0.904. The Bertz CT molecular complexity index is 590. The lowest BCUT2D eigenvalue weighted by atomic mass is 9.98. The molecular weight excluding hydrogens is 253 g/mol. The fourth-order valence-electron chi connectivity index (χ4n) is 2.01. The van der Waals surface area contributed by atoms with E-state index in [2.05, 4.69) is 5.10 Å². The van der Waals surface area contributed by atoms with Crippen molar-refractivity contribution in [2.75, 3.05) is 5.73 Å². The number of aryl methyl sites for hydroxylation is 1. The Morgan fingerprint density at radius 2 is 2.06 bits per heavy atom. The van der Waals surface area contributed by atoms with Crippen LogP contribution in [0.25, 0.3) is 11.3 Å². The third kappa shape index (κ3) is 1.97. The lowest BCUT2D eigenvalue weighted by molar-refractivity contribution is 0.630. The maximum atomic E-state index is 14.0. The van der Waals surface area contributed by atoms with E-state index in [1.807, 2.05) is 13.8 Å². The molecule has 2 rings (SSSR count). The summed E-state index contributed by atoms with van der Waals surface area (Å²) >= 11 is 5.80. The number of nitrogens with zero attached hydrogens (tertiary/aromatic N) is 2. The Labute approximate surface area is 110 Å². The summed E-state index contributed by atoms with van der Waals surface area (Å²) < 4.78 is 15.6. The first-order valence-corrected chi connectivity index (χ1v) is 6.08. The Morgan fingerprint density at radius 1 is 1.39 bits per heavy atom. The van der Waals surface area contributed by atoms with Gasteiger partial charge in [-0.1, -0.05) is 31.5 Å². The zero-order valence-electron chi connectivity index (χ0n) is 10.5. The molecule has 0 radical (unpaired) electrons. The minimum atomic E-state index is -0.459. The third-order valence-corrected chi connectivity index (χ3v) is 3.21. The number of halogens is 2. The van der Waals surface area contributed by atoms with Crippen molar-refractivity contribution < 1.29 is 4.39 Å². The molecule has 0 aliphatic carbocycles. The molecule has 3 nitrogen and oxygen atoms in total. The van der Waals surface area contributed by atoms with Crippen LogP contribution in [0.4, 0.5) is 10.2 Å². The molecule has 1 heterocycles. The van der Waals surface area contributed by atoms with Crippen LogP contribution in [0.3, 0.4) is 0 Å². The van der Waals surface area contributed by atoms with Crippen LogP contribution in [0.1, 0.15) is 25.3 Å². The fraction of sp³-hybridized carbons (Fsp3) is 0.308. The molecule has 2 aromatic rings. The van der Waals surface area contributed by atoms with Gasteiger partial charge < -0.3 is 5.73 Å². The van der Waals surface area contributed by atoms with E-state index in [1.54, 1.807) is 23.9 Å². The summed E-state index contributed by atoms with van der Waals surface area (Å²) in [6.07, 6.45) is 0. The molecule has 1 aromatic carbocycles. The van der Waals surface area contributed by atoms with Crippen LogP contribution < -0.4 is 5.73 Å². The lowest BCUT2D eigenvalue weighted by Crippen LogP contribution is -2.00. The van der Waals surface area contributed by atoms with E-state index in [4.69, 9.17) is 17.3 Å². The monoisotopic (exact) mass is 267 g/mol. The molecule has 0 atom stereocenters. The van der Waals surface area contributed by atoms with Gasteiger partial charge in [-0.3, -0.25) is 4.68 Å². The van der Waals surface area contributed by atoms with E-state index in [0.29, 0.717) is 17.1 Å². The van der Waals surface area contributed by atoms with Crippen LogP contribution >= 0.6 is 11.6 Å². The highest BCUT2D eigenvalue weighted by molar-refractivity contribution is 6.31. The second kappa shape index (κ2) is 4.61. The highest BCUT2D eigenvalue weighted by atomic mass is 35.5. The first-order chi connectivity index (χ1) is 8.43. The molecule has 5 heteroatoms. The lowest BCUT2D eigenvalue weighted by Gasteiger charge is -2.08. The van der Waals surface area contributed by atoms with Gasteiger partial charge in [0.05, 0.1) is 5.02 Å². The van der Waals surface area contributed by atoms with Gasteiger partial charge >= 0.3 is 0 Å². The summed E-state index contributed by atoms with van der Waals surface area (Å²) in [5.41, 5.74) is 7.77. The molecule has 0 aliphatic rings. The van der Waals surface area contributed by atoms with Gasteiger partial charge in [0.2, 0.25) is 0 Å². The van der Waals surface area contributed by atoms with E-state index in [1.165, 1.54) is 6.07 Å². The molecule has 0 amide bonds. The van der Waals surface area contributed by atoms with Crippen molar-refractivity contribution in [1.82, 2.24) is 9.78 Å². The SMILES string of the molecule is CC(C)c1c(-c2cccc(Cl)c2F)nn(C)c1N. The minimum Gasteiger partial charge on any atom is -0.384 e. The summed E-state index contributed by atoms with van der Waals surface area (Å²) in [6, 6.07) is 4.88. The van der Waals surface area contributed by atoms with Gasteiger partial charge in [0.15, 0.2) is 5.82 Å². The maximum Gasteiger partial charge on any atom is 0.151 e. The number of benzene rings is 1. The highest BCUT2D eigenvalue weighted by Crippen LogP contribution is 2.35. The van der Waals surface area contributed by atoms with E-state index < -0.39 is 5.82 Å². The zero-order chi connectivity index (χ0) is 13.4. The largest absolute Gasteiger partial charge is 0.384 e. The predicted molar refractivity (Wildman–Crippen MR) is 72.1 cm³/mol. The smallest absolute Gasteiger partial charge is 0.151 e. The van der Waals surface area contributed by atoms with Crippen LogP contribution in [0.2, 0.25) is 5.02 Å². The molecule has 0 bridgehead atoms. The summed E-state index contributed by atoms with van der Waals surface area (Å²) in [4.78, 5) is 0. The molecule has 0 saturated carbocycles. The van der Waals surface area contributed by atoms with Crippen LogP contribution in [0.5, 0.6) is 0 Å². The molecular formula is C13H15ClFN3. The van der Waals surface area contributed by atoms with E-state index in [0.717, 1.165) is 5.56 Å². The fourth-order valence-corrected chi connectivity index (χ4v) is 2.18. The number of anilines is 1. The summed E-state index contributed by atoms with van der Waals surface area (Å²) in [6.45, 7) is 4.00. The Hall–Kier alpha value is -1.55. The first kappa shape index (κ1) is 12.9. The van der Waals surface area contributed by atoms with Crippen molar-refractivity contribution in [2.45, 2.75) is 19.8 Å². The molecule has 0 saturated heterocycles. The maximum absolute atomic E-state index is 14.0. The molecule has 0 aliphatic heterocycles. The Morgan fingerprint density at radius 3 is 2.67 bits per heavy atom. The van der Waals surface area contributed by atoms with Gasteiger partial charge in [-0.15, -0.1) is 0 Å². The number of aromatic nitrogens is 2. The molecule has 2 N–H and O–H groups in total. The van der Waals surface area contributed by atoms with E-state index in [-0.39, 0.29) is 10.9 Å². The topological polar surface area (TPSA) is 43.8 Å². The van der Waals surface area contributed by atoms with Crippen LogP contribution in [0.15, 0.2) is 18.2 Å². The molecule has 0 fully saturated rings. The number of nitrogen functional groups attached to an aromatic ring is 1. The average Bonchev–Trinajstić information content (AvgIpc) is 2.59. The van der Waals surface area contributed by atoms with Crippen molar-refractivity contribution in [3.8, 4) is 11.3 Å². The van der Waals surface area contributed by atoms with Crippen molar-refractivity contribution in [3.05, 3.63) is 34.6 Å². The van der Waals surface area contributed by atoms with Crippen LogP contribution in [-0.4, -0.2) is 9.78 Å². The van der Waals surface area contributed by atoms with Crippen LogP contribution in [-0.2, 0) is 7.05 Å². The van der Waals surface area contributed by atoms with Gasteiger partial charge in [-0.25, -0.2) is 4.39 Å².